The Kier molecular flexibility index (Phi) is 9.99. The van der Waals surface area contributed by atoms with Gasteiger partial charge in [0.05, 0.1) is 25.0 Å². The van der Waals surface area contributed by atoms with Gasteiger partial charge in [0.1, 0.15) is 30.2 Å². The van der Waals surface area contributed by atoms with Crippen LogP contribution in [0.5, 0.6) is 0 Å². The molecule has 5 atom stereocenters. The minimum absolute atomic E-state index is 0.0268. The Bertz CT molecular complexity index is 1950. The number of carboxylic acid groups (broad SMARTS) is 1. The second-order valence-electron chi connectivity index (χ2n) is 10.6. The van der Waals surface area contributed by atoms with Gasteiger partial charge in [-0.25, -0.2) is 19.6 Å². The summed E-state index contributed by atoms with van der Waals surface area (Å²) in [4.78, 5) is 79.9. The first-order valence-corrected chi connectivity index (χ1v) is 14.3. The van der Waals surface area contributed by atoms with Crippen molar-refractivity contribution in [3.05, 3.63) is 74.8 Å². The van der Waals surface area contributed by atoms with E-state index in [1.807, 2.05) is 0 Å². The number of aliphatic hydroxyl groups excluding tert-OH is 3. The average Bonchev–Trinajstić information content (AvgIpc) is 3.34. The molecule has 1 fully saturated rings. The molecule has 0 aliphatic carbocycles. The van der Waals surface area contributed by atoms with Crippen LogP contribution < -0.4 is 32.9 Å². The van der Waals surface area contributed by atoms with E-state index < -0.39 is 66.2 Å². The van der Waals surface area contributed by atoms with Crippen LogP contribution in [-0.4, -0.2) is 98.7 Å². The topological polar surface area (TPSA) is 310 Å². The number of nitrogen functional groups attached to an aromatic ring is 1. The van der Waals surface area contributed by atoms with Crippen molar-refractivity contribution in [2.45, 2.75) is 50.0 Å². The summed E-state index contributed by atoms with van der Waals surface area (Å²) in [7, 11) is 0. The van der Waals surface area contributed by atoms with Gasteiger partial charge in [0, 0.05) is 23.9 Å². The molecule has 0 unspecified atom stereocenters. The SMILES string of the molecule is Nc1nc2ncc(CNc3ccc(C(=O)N[C@@H](CCC(=O)Nc4ccn([C@@H]5O[C@H](CO)[C@@H](O)[C@H]5O)c(=O)n4)C(=O)O)cc3)nc2c(=O)[nH]1. The van der Waals surface area contributed by atoms with Crippen molar-refractivity contribution in [1.29, 1.82) is 0 Å². The molecule has 0 radical (unpaired) electrons. The number of carbonyl (C=O) groups excluding carboxylic acids is 2. The van der Waals surface area contributed by atoms with Crippen molar-refractivity contribution in [2.24, 2.45) is 0 Å². The maximum Gasteiger partial charge on any atom is 0.351 e. The highest BCUT2D eigenvalue weighted by Gasteiger charge is 2.43. The molecule has 4 aromatic rings. The van der Waals surface area contributed by atoms with Crippen LogP contribution >= 0.6 is 0 Å². The maximum absolute atomic E-state index is 12.8. The molecule has 252 valence electrons. The highest BCUT2D eigenvalue weighted by molar-refractivity contribution is 5.97. The third-order valence-corrected chi connectivity index (χ3v) is 7.26. The second-order valence-corrected chi connectivity index (χ2v) is 10.6. The van der Waals surface area contributed by atoms with Crippen molar-refractivity contribution in [2.75, 3.05) is 23.0 Å². The first kappa shape index (κ1) is 33.5. The third kappa shape index (κ3) is 7.58. The minimum Gasteiger partial charge on any atom is -0.480 e. The standard InChI is InChI=1S/C28H30N10O10/c29-27-36-22-19(24(44)37-27)32-14(10-31-22)9-30-13-3-1-12(2-4-13)23(43)33-15(26(45)46)5-6-18(40)34-17-7-8-38(28(47)35-17)25-21(42)20(41)16(11-39)48-25/h1-4,7-8,10,15-16,20-21,25,30,39,41-42H,5-6,9,11H2,(H,33,43)(H,45,46)(H,34,35,40,47)(H3,29,31,36,37,44)/t15-,16+,20+,21+,25+/m0/s1. The maximum atomic E-state index is 12.8. The summed E-state index contributed by atoms with van der Waals surface area (Å²) in [5.74, 6) is -3.00. The summed E-state index contributed by atoms with van der Waals surface area (Å²) in [6, 6.07) is 5.88. The van der Waals surface area contributed by atoms with Crippen LogP contribution in [0, 0.1) is 0 Å². The largest absolute Gasteiger partial charge is 0.480 e. The summed E-state index contributed by atoms with van der Waals surface area (Å²) >= 11 is 0. The van der Waals surface area contributed by atoms with Gasteiger partial charge in [0.15, 0.2) is 17.4 Å². The molecule has 1 aliphatic heterocycles. The number of hydrogen-bond acceptors (Lipinski definition) is 15. The smallest absolute Gasteiger partial charge is 0.351 e. The van der Waals surface area contributed by atoms with Crippen LogP contribution in [0.25, 0.3) is 11.2 Å². The molecule has 10 N–H and O–H groups in total. The van der Waals surface area contributed by atoms with E-state index >= 15 is 0 Å². The number of nitrogens with two attached hydrogens (primary N) is 1. The van der Waals surface area contributed by atoms with Gasteiger partial charge in [0.25, 0.3) is 11.5 Å². The molecule has 4 heterocycles. The van der Waals surface area contributed by atoms with Crippen LogP contribution in [0.15, 0.2) is 52.3 Å². The highest BCUT2D eigenvalue weighted by atomic mass is 16.6. The van der Waals surface area contributed by atoms with Gasteiger partial charge in [-0.15, -0.1) is 0 Å². The Balaban J connectivity index is 1.12. The number of aromatic amines is 1. The summed E-state index contributed by atoms with van der Waals surface area (Å²) in [5, 5.41) is 46.7. The van der Waals surface area contributed by atoms with E-state index in [9.17, 15) is 44.4 Å². The van der Waals surface area contributed by atoms with Crippen LogP contribution in [0.4, 0.5) is 17.5 Å². The van der Waals surface area contributed by atoms with Crippen LogP contribution in [-0.2, 0) is 20.9 Å². The molecule has 0 saturated carbocycles. The number of nitrogens with zero attached hydrogens (tertiary/aromatic N) is 5. The summed E-state index contributed by atoms with van der Waals surface area (Å²) in [6.45, 7) is -0.402. The number of aromatic nitrogens is 6. The Labute approximate surface area is 268 Å². The van der Waals surface area contributed by atoms with Gasteiger partial charge >= 0.3 is 11.7 Å². The Morgan fingerprint density at radius 3 is 2.48 bits per heavy atom. The van der Waals surface area contributed by atoms with Gasteiger partial charge < -0.3 is 46.8 Å². The van der Waals surface area contributed by atoms with Crippen LogP contribution in [0.3, 0.4) is 0 Å². The molecular formula is C28H30N10O10. The minimum atomic E-state index is -1.51. The van der Waals surface area contributed by atoms with E-state index in [2.05, 4.69) is 40.9 Å². The van der Waals surface area contributed by atoms with Gasteiger partial charge in [-0.2, -0.15) is 9.97 Å². The summed E-state index contributed by atoms with van der Waals surface area (Å²) in [6.07, 6.45) is -3.40. The molecule has 0 spiro atoms. The number of fused-ring (bicyclic) bond motifs is 1. The number of rotatable bonds is 12. The number of amides is 2. The number of H-pyrrole nitrogens is 1. The lowest BCUT2D eigenvalue weighted by molar-refractivity contribution is -0.139. The molecular weight excluding hydrogens is 636 g/mol. The highest BCUT2D eigenvalue weighted by Crippen LogP contribution is 2.28. The molecule has 3 aromatic heterocycles. The van der Waals surface area contributed by atoms with E-state index in [0.717, 1.165) is 4.57 Å². The number of hydrogen-bond donors (Lipinski definition) is 9. The first-order valence-electron chi connectivity index (χ1n) is 14.3. The molecule has 2 amide bonds. The second kappa shape index (κ2) is 14.3. The molecule has 20 heteroatoms. The number of aliphatic hydroxyl groups is 3. The lowest BCUT2D eigenvalue weighted by Gasteiger charge is -2.17. The number of aliphatic carboxylic acids is 1. The number of carboxylic acids is 1. The van der Waals surface area contributed by atoms with Crippen molar-refractivity contribution < 1.29 is 39.5 Å². The number of anilines is 3. The van der Waals surface area contributed by atoms with E-state index in [4.69, 9.17) is 10.5 Å². The van der Waals surface area contributed by atoms with Gasteiger partial charge in [-0.3, -0.25) is 23.9 Å². The van der Waals surface area contributed by atoms with Crippen molar-refractivity contribution >= 4 is 46.4 Å². The van der Waals surface area contributed by atoms with Crippen molar-refractivity contribution in [3.63, 3.8) is 0 Å². The third-order valence-electron chi connectivity index (χ3n) is 7.26. The molecule has 1 aliphatic rings. The Morgan fingerprint density at radius 1 is 1.06 bits per heavy atom. The van der Waals surface area contributed by atoms with E-state index in [1.54, 1.807) is 12.1 Å². The zero-order chi connectivity index (χ0) is 34.5. The predicted octanol–water partition coefficient (Wildman–Crippen LogP) is -2.32. The molecule has 5 rings (SSSR count). The van der Waals surface area contributed by atoms with Gasteiger partial charge in [0.2, 0.25) is 11.9 Å². The number of ether oxygens (including phenoxy) is 1. The fourth-order valence-corrected chi connectivity index (χ4v) is 4.75. The van der Waals surface area contributed by atoms with E-state index in [-0.39, 0.29) is 47.9 Å². The van der Waals surface area contributed by atoms with Crippen molar-refractivity contribution in [3.8, 4) is 0 Å². The van der Waals surface area contributed by atoms with Gasteiger partial charge in [-0.1, -0.05) is 0 Å². The predicted molar refractivity (Wildman–Crippen MR) is 164 cm³/mol. The Morgan fingerprint density at radius 2 is 1.81 bits per heavy atom. The lowest BCUT2D eigenvalue weighted by atomic mass is 10.1. The number of benzene rings is 1. The van der Waals surface area contributed by atoms with E-state index in [0.29, 0.717) is 11.4 Å². The fourth-order valence-electron chi connectivity index (χ4n) is 4.75. The van der Waals surface area contributed by atoms with Crippen molar-refractivity contribution in [1.82, 2.24) is 34.8 Å². The van der Waals surface area contributed by atoms with Crippen LogP contribution in [0.1, 0.15) is 35.1 Å². The van der Waals surface area contributed by atoms with Crippen LogP contribution in [0.2, 0.25) is 0 Å². The first-order chi connectivity index (χ1) is 22.9. The molecule has 0 bridgehead atoms. The number of carbonyl (C=O) groups is 3. The van der Waals surface area contributed by atoms with E-state index in [1.165, 1.54) is 30.6 Å². The zero-order valence-corrected chi connectivity index (χ0v) is 24.8. The normalized spacial score (nSPS) is 19.5. The number of nitrogens with one attached hydrogen (secondary N) is 4. The molecule has 1 saturated heterocycles. The molecule has 48 heavy (non-hydrogen) atoms. The summed E-state index contributed by atoms with van der Waals surface area (Å²) < 4.78 is 6.18. The monoisotopic (exact) mass is 666 g/mol. The molecule has 20 nitrogen and oxygen atoms in total. The fraction of sp³-hybridized carbons (Fsp3) is 0.321. The average molecular weight is 667 g/mol. The van der Waals surface area contributed by atoms with Gasteiger partial charge in [-0.05, 0) is 36.8 Å². The lowest BCUT2D eigenvalue weighted by Crippen LogP contribution is -2.41. The quantitative estimate of drug-likeness (QED) is 0.0766. The summed E-state index contributed by atoms with van der Waals surface area (Å²) in [5.41, 5.74) is 5.36. The Hall–Kier alpha value is -5.83. The molecule has 1 aromatic carbocycles. The zero-order valence-electron chi connectivity index (χ0n) is 24.8.